The maximum absolute atomic E-state index is 2.75. The van der Waals surface area contributed by atoms with E-state index in [1.165, 1.54) is 69.4 Å². The molecule has 2 nitrogen and oxygen atoms in total. The molecule has 0 spiro atoms. The zero-order valence-electron chi connectivity index (χ0n) is 12.2. The second-order valence-electron chi connectivity index (χ2n) is 6.10. The van der Waals surface area contributed by atoms with E-state index < -0.39 is 0 Å². The summed E-state index contributed by atoms with van der Waals surface area (Å²) in [6, 6.07) is 0. The molecule has 2 saturated heterocycles. The van der Waals surface area contributed by atoms with Gasteiger partial charge in [0.15, 0.2) is 0 Å². The molecule has 2 rings (SSSR count). The number of nitrogens with zero attached hydrogens (tertiary/aromatic N) is 2. The van der Waals surface area contributed by atoms with E-state index in [2.05, 4.69) is 21.7 Å². The Balaban J connectivity index is 1.63. The van der Waals surface area contributed by atoms with Gasteiger partial charge in [-0.1, -0.05) is 0 Å². The molecule has 0 radical (unpaired) electrons. The van der Waals surface area contributed by atoms with Crippen LogP contribution >= 0.6 is 0 Å². The molecule has 0 aliphatic carbocycles. The van der Waals surface area contributed by atoms with Gasteiger partial charge >= 0.3 is 124 Å². The molecule has 0 amide bonds. The molecule has 0 bridgehead atoms. The number of piperidine rings is 2. The van der Waals surface area contributed by atoms with Crippen LogP contribution in [0.15, 0.2) is 0 Å². The minimum absolute atomic E-state index is 0.459. The number of rotatable bonds is 5. The first-order valence-corrected chi connectivity index (χ1v) is 11.4. The molecule has 0 aromatic heterocycles. The predicted octanol–water partition coefficient (Wildman–Crippen LogP) is -0.503. The molecule has 2 aliphatic rings. The van der Waals surface area contributed by atoms with Crippen LogP contribution in [0.4, 0.5) is 0 Å². The van der Waals surface area contributed by atoms with Gasteiger partial charge in [0.2, 0.25) is 0 Å². The van der Waals surface area contributed by atoms with Crippen LogP contribution in [0.5, 0.6) is 0 Å². The van der Waals surface area contributed by atoms with Gasteiger partial charge in [-0.2, -0.15) is 0 Å². The Hall–Kier alpha value is 0.650. The summed E-state index contributed by atoms with van der Waals surface area (Å²) in [5.74, 6) is 2.02. The van der Waals surface area contributed by atoms with Crippen molar-refractivity contribution in [2.45, 2.75) is 39.0 Å². The van der Waals surface area contributed by atoms with Crippen molar-refractivity contribution in [2.75, 3.05) is 42.2 Å². The molecule has 3 heteroatoms. The number of hydrogen-bond acceptors (Lipinski definition) is 2. The van der Waals surface area contributed by atoms with Crippen molar-refractivity contribution < 1.29 is 21.2 Å². The van der Waals surface area contributed by atoms with Crippen LogP contribution in [0.3, 0.4) is 0 Å². The molecule has 0 N–H and O–H groups in total. The topological polar surface area (TPSA) is 6.48 Å². The fraction of sp³-hybridized carbons (Fsp3) is 1.00. The summed E-state index contributed by atoms with van der Waals surface area (Å²) < 4.78 is 1.42. The van der Waals surface area contributed by atoms with Gasteiger partial charge in [-0.25, -0.2) is 0 Å². The van der Waals surface area contributed by atoms with Gasteiger partial charge in [0.1, 0.15) is 0 Å². The number of hydrogen-bond donors (Lipinski definition) is 0. The molecule has 0 aromatic rings. The summed E-state index contributed by atoms with van der Waals surface area (Å²) in [6.45, 7) is 9.25. The van der Waals surface area contributed by atoms with Crippen LogP contribution in [-0.4, -0.2) is 52.0 Å². The van der Waals surface area contributed by atoms with Crippen molar-refractivity contribution in [3.63, 3.8) is 0 Å². The molecule has 0 unspecified atom stereocenters. The molecular weight excluding hydrogens is 335 g/mol. The molecule has 0 atom stereocenters. The standard InChI is InChI=1S/C15H30IN2/c1-3-14-4-8-17(9-5-14)12-15-6-10-18(11-7-15)13-16-2/h14-15H,3-13H2,1-2H3/q-1. The Morgan fingerprint density at radius 2 is 1.44 bits per heavy atom. The zero-order chi connectivity index (χ0) is 12.8. The molecule has 2 heterocycles. The summed E-state index contributed by atoms with van der Waals surface area (Å²) in [5, 5.41) is 0. The van der Waals surface area contributed by atoms with E-state index >= 15 is 0 Å². The average Bonchev–Trinajstić information content (AvgIpc) is 2.42. The van der Waals surface area contributed by atoms with Crippen molar-refractivity contribution in [1.82, 2.24) is 9.80 Å². The quantitative estimate of drug-likeness (QED) is 0.368. The van der Waals surface area contributed by atoms with E-state index in [0.717, 1.165) is 11.8 Å². The predicted molar refractivity (Wildman–Crippen MR) is 74.5 cm³/mol. The summed E-state index contributed by atoms with van der Waals surface area (Å²) in [6.07, 6.45) is 7.21. The summed E-state index contributed by atoms with van der Waals surface area (Å²) >= 11 is 0.459. The summed E-state index contributed by atoms with van der Waals surface area (Å²) in [5.41, 5.74) is 0. The zero-order valence-corrected chi connectivity index (χ0v) is 14.4. The minimum atomic E-state index is 0.459. The van der Waals surface area contributed by atoms with Gasteiger partial charge in [-0.3, -0.25) is 0 Å². The fourth-order valence-corrected chi connectivity index (χ4v) is 5.05. The number of alkyl halides is 2. The third-order valence-corrected chi connectivity index (χ3v) is 6.44. The van der Waals surface area contributed by atoms with Crippen LogP contribution in [0.2, 0.25) is 0 Å². The Labute approximate surface area is 124 Å². The molecule has 0 aromatic carbocycles. The van der Waals surface area contributed by atoms with Crippen molar-refractivity contribution >= 4 is 0 Å². The van der Waals surface area contributed by atoms with E-state index in [0.29, 0.717) is 21.2 Å². The third-order valence-electron chi connectivity index (χ3n) is 4.80. The van der Waals surface area contributed by atoms with Gasteiger partial charge < -0.3 is 0 Å². The monoisotopic (exact) mass is 365 g/mol. The first-order chi connectivity index (χ1) is 8.81. The van der Waals surface area contributed by atoms with Crippen LogP contribution < -0.4 is 21.2 Å². The number of halogens is 1. The van der Waals surface area contributed by atoms with Crippen molar-refractivity contribution in [1.29, 1.82) is 0 Å². The van der Waals surface area contributed by atoms with Gasteiger partial charge in [-0.05, 0) is 0 Å². The van der Waals surface area contributed by atoms with Gasteiger partial charge in [0.05, 0.1) is 0 Å². The summed E-state index contributed by atoms with van der Waals surface area (Å²) in [7, 11) is 0. The van der Waals surface area contributed by atoms with Gasteiger partial charge in [0.25, 0.3) is 0 Å². The molecule has 0 saturated carbocycles. The van der Waals surface area contributed by atoms with Gasteiger partial charge in [-0.15, -0.1) is 0 Å². The first-order valence-electron chi connectivity index (χ1n) is 7.70. The number of likely N-dealkylation sites (tertiary alicyclic amines) is 2. The van der Waals surface area contributed by atoms with Crippen molar-refractivity contribution in [3.8, 4) is 0 Å². The van der Waals surface area contributed by atoms with Gasteiger partial charge in [0, 0.05) is 0 Å². The normalized spacial score (nSPS) is 25.9. The summed E-state index contributed by atoms with van der Waals surface area (Å²) in [4.78, 5) is 7.86. The van der Waals surface area contributed by atoms with E-state index in [4.69, 9.17) is 0 Å². The van der Waals surface area contributed by atoms with Crippen molar-refractivity contribution in [2.24, 2.45) is 11.8 Å². The van der Waals surface area contributed by atoms with Crippen LogP contribution in [0.25, 0.3) is 0 Å². The average molecular weight is 365 g/mol. The van der Waals surface area contributed by atoms with Crippen LogP contribution in [-0.2, 0) is 0 Å². The molecule has 18 heavy (non-hydrogen) atoms. The molecule has 108 valence electrons. The Morgan fingerprint density at radius 1 is 0.889 bits per heavy atom. The van der Waals surface area contributed by atoms with Crippen LogP contribution in [0.1, 0.15) is 39.0 Å². The first kappa shape index (κ1) is 15.0. The molecule has 2 fully saturated rings. The van der Waals surface area contributed by atoms with E-state index in [9.17, 15) is 0 Å². The third kappa shape index (κ3) is 4.64. The van der Waals surface area contributed by atoms with E-state index in [-0.39, 0.29) is 0 Å². The second-order valence-corrected chi connectivity index (χ2v) is 8.31. The molecular formula is C15H30IN2-. The Bertz CT molecular complexity index is 219. The Kier molecular flexibility index (Phi) is 6.73. The van der Waals surface area contributed by atoms with Crippen LogP contribution in [0, 0.1) is 11.8 Å². The second kappa shape index (κ2) is 8.05. The maximum atomic E-state index is 2.75. The SMILES string of the molecule is CCC1CCN(CC2CCN(C[I-]C)CC2)CC1. The van der Waals surface area contributed by atoms with E-state index in [1.54, 1.807) is 0 Å². The molecule has 2 aliphatic heterocycles. The Morgan fingerprint density at radius 3 is 2.00 bits per heavy atom. The van der Waals surface area contributed by atoms with Crippen molar-refractivity contribution in [3.05, 3.63) is 0 Å². The fourth-order valence-electron chi connectivity index (χ4n) is 3.40. The van der Waals surface area contributed by atoms with E-state index in [1.807, 2.05) is 0 Å².